The number of hydrogen-bond acceptors (Lipinski definition) is 4. The highest BCUT2D eigenvalue weighted by Crippen LogP contribution is 2.28. The molecule has 0 saturated heterocycles. The lowest BCUT2D eigenvalue weighted by Gasteiger charge is -2.24. The Balaban J connectivity index is 4.93. The molecule has 17 heavy (non-hydrogen) atoms. The van der Waals surface area contributed by atoms with E-state index in [1.165, 1.54) is 0 Å². The van der Waals surface area contributed by atoms with Crippen LogP contribution < -0.4 is 0 Å². The van der Waals surface area contributed by atoms with E-state index in [2.05, 4.69) is 0 Å². The van der Waals surface area contributed by atoms with Gasteiger partial charge in [0.1, 0.15) is 0 Å². The summed E-state index contributed by atoms with van der Waals surface area (Å²) in [4.78, 5) is 7.71. The predicted molar refractivity (Wildman–Crippen MR) is 62.1 cm³/mol. The Morgan fingerprint density at radius 3 is 2.18 bits per heavy atom. The van der Waals surface area contributed by atoms with Crippen LogP contribution in [-0.4, -0.2) is 34.1 Å². The van der Waals surface area contributed by atoms with Crippen LogP contribution in [-0.2, 0) is 14.9 Å². The summed E-state index contributed by atoms with van der Waals surface area (Å²) in [6, 6.07) is 0. The van der Waals surface area contributed by atoms with Crippen molar-refractivity contribution >= 4 is 16.1 Å². The third-order valence-corrected chi connectivity index (χ3v) is 4.06. The minimum Gasteiger partial charge on any atom is -0.478 e. The standard InChI is InChI=1S/C10H20O6S/c1-3-5-6-8(4-2)7-10(13,9(11)12)17(14,15)16/h8,13H,3-7H2,1-2H3,(H,11,12)(H,14,15,16). The van der Waals surface area contributed by atoms with E-state index in [0.717, 1.165) is 12.8 Å². The molecule has 3 N–H and O–H groups in total. The summed E-state index contributed by atoms with van der Waals surface area (Å²) in [5, 5.41) is 18.3. The third kappa shape index (κ3) is 4.25. The molecule has 0 rings (SSSR count). The van der Waals surface area contributed by atoms with Crippen molar-refractivity contribution in [3.63, 3.8) is 0 Å². The third-order valence-electron chi connectivity index (χ3n) is 2.87. The van der Waals surface area contributed by atoms with Crippen molar-refractivity contribution in [3.05, 3.63) is 0 Å². The zero-order chi connectivity index (χ0) is 13.7. The maximum atomic E-state index is 10.9. The van der Waals surface area contributed by atoms with Crippen LogP contribution >= 0.6 is 0 Å². The van der Waals surface area contributed by atoms with E-state index in [9.17, 15) is 18.3 Å². The summed E-state index contributed by atoms with van der Waals surface area (Å²) in [5.74, 6) is -2.19. The van der Waals surface area contributed by atoms with Gasteiger partial charge in [0.2, 0.25) is 0 Å². The summed E-state index contributed by atoms with van der Waals surface area (Å²) in [5.41, 5.74) is 0. The molecule has 0 aromatic carbocycles. The topological polar surface area (TPSA) is 112 Å². The number of carboxylic acid groups (broad SMARTS) is 1. The number of hydrogen-bond donors (Lipinski definition) is 3. The summed E-state index contributed by atoms with van der Waals surface area (Å²) in [6.07, 6.45) is 2.40. The molecule has 7 heteroatoms. The van der Waals surface area contributed by atoms with Crippen molar-refractivity contribution < 1.29 is 28.0 Å². The lowest BCUT2D eigenvalue weighted by atomic mass is 9.93. The highest BCUT2D eigenvalue weighted by Gasteiger charge is 2.50. The van der Waals surface area contributed by atoms with Crippen molar-refractivity contribution in [1.82, 2.24) is 0 Å². The molecule has 0 aromatic rings. The van der Waals surface area contributed by atoms with Crippen molar-refractivity contribution in [1.29, 1.82) is 0 Å². The number of carbonyl (C=O) groups is 1. The zero-order valence-electron chi connectivity index (χ0n) is 10.1. The highest BCUT2D eigenvalue weighted by molar-refractivity contribution is 7.87. The van der Waals surface area contributed by atoms with Crippen LogP contribution in [0.5, 0.6) is 0 Å². The number of rotatable bonds is 8. The van der Waals surface area contributed by atoms with E-state index < -0.39 is 27.4 Å². The highest BCUT2D eigenvalue weighted by atomic mass is 32.2. The smallest absolute Gasteiger partial charge is 0.354 e. The number of carboxylic acids is 1. The van der Waals surface area contributed by atoms with Gasteiger partial charge in [-0.05, 0) is 5.92 Å². The molecule has 102 valence electrons. The molecule has 0 aliphatic heterocycles. The molecule has 2 atom stereocenters. The molecule has 0 aromatic heterocycles. The molecule has 2 unspecified atom stereocenters. The van der Waals surface area contributed by atoms with Gasteiger partial charge >= 0.3 is 16.1 Å². The molecular weight excluding hydrogens is 248 g/mol. The van der Waals surface area contributed by atoms with Crippen molar-refractivity contribution in [2.75, 3.05) is 0 Å². The van der Waals surface area contributed by atoms with Crippen LogP contribution in [0.2, 0.25) is 0 Å². The van der Waals surface area contributed by atoms with Gasteiger partial charge < -0.3 is 10.2 Å². The first-order valence-corrected chi connectivity index (χ1v) is 7.05. The second-order valence-corrected chi connectivity index (χ2v) is 5.81. The lowest BCUT2D eigenvalue weighted by Crippen LogP contribution is -2.47. The van der Waals surface area contributed by atoms with Crippen molar-refractivity contribution in [2.45, 2.75) is 50.9 Å². The average molecular weight is 268 g/mol. The zero-order valence-corrected chi connectivity index (χ0v) is 10.9. The van der Waals surface area contributed by atoms with Gasteiger partial charge in [-0.25, -0.2) is 4.79 Å². The van der Waals surface area contributed by atoms with Crippen LogP contribution in [0.3, 0.4) is 0 Å². The monoisotopic (exact) mass is 268 g/mol. The van der Waals surface area contributed by atoms with Gasteiger partial charge in [0, 0.05) is 6.42 Å². The number of aliphatic hydroxyl groups is 1. The Hall–Kier alpha value is -0.660. The summed E-state index contributed by atoms with van der Waals surface area (Å²) in [6.45, 7) is 3.74. The maximum Gasteiger partial charge on any atom is 0.354 e. The summed E-state index contributed by atoms with van der Waals surface area (Å²) in [7, 11) is -5.04. The SMILES string of the molecule is CCCCC(CC)CC(O)(C(=O)O)S(=O)(=O)O. The van der Waals surface area contributed by atoms with E-state index in [1.807, 2.05) is 6.92 Å². The van der Waals surface area contributed by atoms with E-state index >= 15 is 0 Å². The normalized spacial score (nSPS) is 17.4. The van der Waals surface area contributed by atoms with Gasteiger partial charge in [-0.3, -0.25) is 4.55 Å². The fourth-order valence-electron chi connectivity index (χ4n) is 1.64. The van der Waals surface area contributed by atoms with E-state index in [1.54, 1.807) is 6.92 Å². The van der Waals surface area contributed by atoms with Gasteiger partial charge in [-0.1, -0.05) is 39.5 Å². The Morgan fingerprint density at radius 1 is 1.35 bits per heavy atom. The Kier molecular flexibility index (Phi) is 6.08. The van der Waals surface area contributed by atoms with Crippen LogP contribution in [0, 0.1) is 5.92 Å². The summed E-state index contributed by atoms with van der Waals surface area (Å²) < 4.78 is 30.7. The number of unbranched alkanes of at least 4 members (excludes halogenated alkanes) is 1. The molecule has 0 fully saturated rings. The molecule has 0 aliphatic rings. The van der Waals surface area contributed by atoms with E-state index in [0.29, 0.717) is 12.8 Å². The van der Waals surface area contributed by atoms with Gasteiger partial charge in [-0.15, -0.1) is 0 Å². The Labute approximate surface area is 101 Å². The first kappa shape index (κ1) is 16.3. The predicted octanol–water partition coefficient (Wildman–Crippen LogP) is 1.25. The number of aliphatic carboxylic acids is 1. The minimum atomic E-state index is -5.04. The molecule has 0 saturated carbocycles. The molecule has 0 heterocycles. The largest absolute Gasteiger partial charge is 0.478 e. The fraction of sp³-hybridized carbons (Fsp3) is 0.900. The molecule has 0 radical (unpaired) electrons. The molecular formula is C10H20O6S. The van der Waals surface area contributed by atoms with E-state index in [-0.39, 0.29) is 5.92 Å². The first-order chi connectivity index (χ1) is 7.69. The molecule has 0 spiro atoms. The van der Waals surface area contributed by atoms with Crippen LogP contribution in [0.4, 0.5) is 0 Å². The minimum absolute atomic E-state index is 0.252. The van der Waals surface area contributed by atoms with E-state index in [4.69, 9.17) is 9.66 Å². The molecule has 6 nitrogen and oxygen atoms in total. The quantitative estimate of drug-likeness (QED) is 0.571. The van der Waals surface area contributed by atoms with Gasteiger partial charge in [0.15, 0.2) is 0 Å². The summed E-state index contributed by atoms with van der Waals surface area (Å²) >= 11 is 0. The first-order valence-electron chi connectivity index (χ1n) is 5.61. The van der Waals surface area contributed by atoms with Gasteiger partial charge in [-0.2, -0.15) is 8.42 Å². The molecule has 0 aliphatic carbocycles. The van der Waals surface area contributed by atoms with Gasteiger partial charge in [0.25, 0.3) is 4.93 Å². The molecule has 0 amide bonds. The fourth-order valence-corrected chi connectivity index (χ4v) is 2.30. The van der Waals surface area contributed by atoms with Gasteiger partial charge in [0.05, 0.1) is 0 Å². The Morgan fingerprint density at radius 2 is 1.88 bits per heavy atom. The van der Waals surface area contributed by atoms with Crippen LogP contribution in [0.25, 0.3) is 0 Å². The van der Waals surface area contributed by atoms with Crippen LogP contribution in [0.1, 0.15) is 46.0 Å². The second-order valence-electron chi connectivity index (χ2n) is 4.19. The Bertz CT molecular complexity index is 350. The van der Waals surface area contributed by atoms with Crippen molar-refractivity contribution in [2.24, 2.45) is 5.92 Å². The molecule has 0 bridgehead atoms. The van der Waals surface area contributed by atoms with Crippen LogP contribution in [0.15, 0.2) is 0 Å². The average Bonchev–Trinajstić information content (AvgIpc) is 2.21. The maximum absolute atomic E-state index is 10.9. The lowest BCUT2D eigenvalue weighted by molar-refractivity contribution is -0.151. The van der Waals surface area contributed by atoms with Crippen molar-refractivity contribution in [3.8, 4) is 0 Å². The second kappa shape index (κ2) is 6.32.